The van der Waals surface area contributed by atoms with E-state index < -0.39 is 0 Å². The van der Waals surface area contributed by atoms with Crippen molar-refractivity contribution in [2.24, 2.45) is 5.73 Å². The molecule has 30 heavy (non-hydrogen) atoms. The van der Waals surface area contributed by atoms with Crippen LogP contribution in [0.4, 0.5) is 0 Å². The highest BCUT2D eigenvalue weighted by molar-refractivity contribution is 5.97. The number of aryl methyl sites for hydroxylation is 4. The maximum absolute atomic E-state index is 10.9. The Hall–Kier alpha value is -3.39. The molecule has 154 valence electrons. The monoisotopic (exact) mass is 397 g/mol. The van der Waals surface area contributed by atoms with Crippen LogP contribution in [0, 0.1) is 20.8 Å². The van der Waals surface area contributed by atoms with E-state index in [1.165, 1.54) is 22.3 Å². The first-order valence-electron chi connectivity index (χ1n) is 10.3. The Morgan fingerprint density at radius 2 is 1.20 bits per heavy atom. The molecular weight excluding hydrogens is 366 g/mol. The number of hydrogen-bond donors (Lipinski definition) is 1. The second kappa shape index (κ2) is 11.6. The first-order chi connectivity index (χ1) is 14.4. The standard InChI is InChI=1S/C12H11NO.C9H12.C7H8/c1-8-2-3-10-7-11(12(13)14)5-4-9(10)6-8;1-3-9-6-4-8(2)5-7-9;1-7-5-3-2-4-6-7/h2-7H,1H3,(H2,13,14);4-7H,3H2,1-2H3;2-6H,1H3. The van der Waals surface area contributed by atoms with Crippen LogP contribution >= 0.6 is 0 Å². The van der Waals surface area contributed by atoms with Gasteiger partial charge in [-0.2, -0.15) is 0 Å². The zero-order valence-electron chi connectivity index (χ0n) is 18.4. The van der Waals surface area contributed by atoms with Gasteiger partial charge in [0.15, 0.2) is 0 Å². The molecule has 1 amide bonds. The van der Waals surface area contributed by atoms with Crippen molar-refractivity contribution in [3.05, 3.63) is 119 Å². The van der Waals surface area contributed by atoms with E-state index in [1.54, 1.807) is 6.07 Å². The number of hydrogen-bond acceptors (Lipinski definition) is 1. The predicted molar refractivity (Wildman–Crippen MR) is 129 cm³/mol. The lowest BCUT2D eigenvalue weighted by Crippen LogP contribution is -2.10. The van der Waals surface area contributed by atoms with Crippen LogP contribution in [0.2, 0.25) is 0 Å². The minimum absolute atomic E-state index is 0.382. The van der Waals surface area contributed by atoms with Crippen molar-refractivity contribution in [1.82, 2.24) is 0 Å². The molecule has 2 N–H and O–H groups in total. The summed E-state index contributed by atoms with van der Waals surface area (Å²) in [5, 5.41) is 2.18. The molecule has 0 radical (unpaired) electrons. The van der Waals surface area contributed by atoms with Crippen molar-refractivity contribution in [2.45, 2.75) is 34.1 Å². The predicted octanol–water partition coefficient (Wildman–Crippen LogP) is 6.80. The van der Waals surface area contributed by atoms with Crippen molar-refractivity contribution in [2.75, 3.05) is 0 Å². The molecule has 0 spiro atoms. The summed E-state index contributed by atoms with van der Waals surface area (Å²) in [7, 11) is 0. The summed E-state index contributed by atoms with van der Waals surface area (Å²) in [5.74, 6) is -0.382. The highest BCUT2D eigenvalue weighted by atomic mass is 16.1. The molecule has 0 heterocycles. The Morgan fingerprint density at radius 3 is 1.73 bits per heavy atom. The maximum Gasteiger partial charge on any atom is 0.248 e. The van der Waals surface area contributed by atoms with E-state index in [1.807, 2.05) is 49.4 Å². The molecule has 0 unspecified atom stereocenters. The minimum Gasteiger partial charge on any atom is -0.366 e. The Kier molecular flexibility index (Phi) is 8.83. The molecule has 0 saturated heterocycles. The van der Waals surface area contributed by atoms with Crippen molar-refractivity contribution >= 4 is 16.7 Å². The normalized spacial score (nSPS) is 9.73. The Bertz CT molecular complexity index is 1070. The fourth-order valence-corrected chi connectivity index (χ4v) is 2.88. The van der Waals surface area contributed by atoms with Gasteiger partial charge in [-0.15, -0.1) is 0 Å². The Morgan fingerprint density at radius 1 is 0.667 bits per heavy atom. The molecule has 2 nitrogen and oxygen atoms in total. The van der Waals surface area contributed by atoms with Gasteiger partial charge >= 0.3 is 0 Å². The van der Waals surface area contributed by atoms with Gasteiger partial charge in [0.05, 0.1) is 0 Å². The maximum atomic E-state index is 10.9. The summed E-state index contributed by atoms with van der Waals surface area (Å²) in [6, 6.07) is 30.5. The van der Waals surface area contributed by atoms with E-state index in [0.717, 1.165) is 17.2 Å². The van der Waals surface area contributed by atoms with Crippen LogP contribution in [-0.2, 0) is 6.42 Å². The summed E-state index contributed by atoms with van der Waals surface area (Å²) in [6.07, 6.45) is 1.14. The molecule has 2 heteroatoms. The van der Waals surface area contributed by atoms with E-state index >= 15 is 0 Å². The number of carbonyl (C=O) groups is 1. The van der Waals surface area contributed by atoms with Gasteiger partial charge in [-0.25, -0.2) is 0 Å². The number of carbonyl (C=O) groups excluding carboxylic acids is 1. The third kappa shape index (κ3) is 7.56. The van der Waals surface area contributed by atoms with E-state index in [0.29, 0.717) is 5.56 Å². The van der Waals surface area contributed by atoms with Gasteiger partial charge in [0, 0.05) is 5.56 Å². The summed E-state index contributed by atoms with van der Waals surface area (Å²) in [5.41, 5.74) is 11.0. The lowest BCUT2D eigenvalue weighted by atomic mass is 10.0. The number of fused-ring (bicyclic) bond motifs is 1. The van der Waals surface area contributed by atoms with E-state index in [4.69, 9.17) is 5.73 Å². The third-order valence-corrected chi connectivity index (χ3v) is 4.75. The summed E-state index contributed by atoms with van der Waals surface area (Å²) >= 11 is 0. The van der Waals surface area contributed by atoms with Crippen LogP contribution in [0.25, 0.3) is 10.8 Å². The number of nitrogens with two attached hydrogens (primary N) is 1. The molecule has 0 aromatic heterocycles. The molecule has 0 bridgehead atoms. The van der Waals surface area contributed by atoms with E-state index in [2.05, 4.69) is 63.2 Å². The first-order valence-corrected chi connectivity index (χ1v) is 10.3. The van der Waals surface area contributed by atoms with Crippen LogP contribution in [0.3, 0.4) is 0 Å². The highest BCUT2D eigenvalue weighted by Crippen LogP contribution is 2.17. The summed E-state index contributed by atoms with van der Waals surface area (Å²) < 4.78 is 0. The molecule has 4 aromatic rings. The van der Waals surface area contributed by atoms with Crippen molar-refractivity contribution in [1.29, 1.82) is 0 Å². The van der Waals surface area contributed by atoms with Crippen molar-refractivity contribution in [3.63, 3.8) is 0 Å². The van der Waals surface area contributed by atoms with Crippen LogP contribution < -0.4 is 5.73 Å². The molecule has 0 fully saturated rings. The fraction of sp³-hybridized carbons (Fsp3) is 0.179. The van der Waals surface area contributed by atoms with Crippen LogP contribution in [0.15, 0.2) is 91.0 Å². The number of rotatable bonds is 2. The molecule has 0 aliphatic carbocycles. The van der Waals surface area contributed by atoms with Gasteiger partial charge in [0.2, 0.25) is 5.91 Å². The average Bonchev–Trinajstić information content (AvgIpc) is 2.75. The zero-order chi connectivity index (χ0) is 21.9. The third-order valence-electron chi connectivity index (χ3n) is 4.75. The molecule has 0 atom stereocenters. The van der Waals surface area contributed by atoms with Gasteiger partial charge in [-0.3, -0.25) is 4.79 Å². The largest absolute Gasteiger partial charge is 0.366 e. The number of amides is 1. The Balaban J connectivity index is 0.000000173. The smallest absolute Gasteiger partial charge is 0.248 e. The lowest BCUT2D eigenvalue weighted by Gasteiger charge is -2.01. The van der Waals surface area contributed by atoms with Gasteiger partial charge < -0.3 is 5.73 Å². The van der Waals surface area contributed by atoms with Gasteiger partial charge in [0.25, 0.3) is 0 Å². The lowest BCUT2D eigenvalue weighted by molar-refractivity contribution is 0.100. The molecule has 0 aliphatic heterocycles. The number of benzene rings is 4. The summed E-state index contributed by atoms with van der Waals surface area (Å²) in [6.45, 7) is 8.41. The zero-order valence-corrected chi connectivity index (χ0v) is 18.4. The molecule has 0 aliphatic rings. The molecule has 4 aromatic carbocycles. The second-order valence-electron chi connectivity index (χ2n) is 7.42. The minimum atomic E-state index is -0.382. The van der Waals surface area contributed by atoms with Crippen LogP contribution in [-0.4, -0.2) is 5.91 Å². The molecule has 4 rings (SSSR count). The van der Waals surface area contributed by atoms with Crippen LogP contribution in [0.5, 0.6) is 0 Å². The highest BCUT2D eigenvalue weighted by Gasteiger charge is 2.01. The van der Waals surface area contributed by atoms with Gasteiger partial charge in [-0.1, -0.05) is 102 Å². The number of primary amides is 1. The van der Waals surface area contributed by atoms with Gasteiger partial charge in [0.1, 0.15) is 0 Å². The van der Waals surface area contributed by atoms with Crippen molar-refractivity contribution in [3.8, 4) is 0 Å². The Labute approximate surface area is 180 Å². The van der Waals surface area contributed by atoms with Gasteiger partial charge in [-0.05, 0) is 55.7 Å². The fourth-order valence-electron chi connectivity index (χ4n) is 2.88. The van der Waals surface area contributed by atoms with Crippen LogP contribution in [0.1, 0.15) is 39.5 Å². The summed E-state index contributed by atoms with van der Waals surface area (Å²) in [4.78, 5) is 10.9. The first kappa shape index (κ1) is 22.9. The van der Waals surface area contributed by atoms with Crippen molar-refractivity contribution < 1.29 is 4.79 Å². The quantitative estimate of drug-likeness (QED) is 0.397. The molecular formula is C28H31NO. The van der Waals surface area contributed by atoms with E-state index in [9.17, 15) is 4.79 Å². The average molecular weight is 398 g/mol. The SMILES string of the molecule is CCc1ccc(C)cc1.Cc1ccc2cc(C(N)=O)ccc2c1.Cc1ccccc1. The van der Waals surface area contributed by atoms with E-state index in [-0.39, 0.29) is 5.91 Å². The topological polar surface area (TPSA) is 43.1 Å². The molecule has 0 saturated carbocycles. The second-order valence-corrected chi connectivity index (χ2v) is 7.42.